The highest BCUT2D eigenvalue weighted by Crippen LogP contribution is 2.22. The van der Waals surface area contributed by atoms with E-state index in [1.54, 1.807) is 4.68 Å². The van der Waals surface area contributed by atoms with Crippen molar-refractivity contribution in [3.8, 4) is 0 Å². The molecular formula is C11H16BrN3O4. The van der Waals surface area contributed by atoms with Crippen molar-refractivity contribution in [1.29, 1.82) is 0 Å². The molecule has 0 spiro atoms. The van der Waals surface area contributed by atoms with Crippen LogP contribution >= 0.6 is 15.9 Å². The number of aromatic nitrogens is 2. The predicted molar refractivity (Wildman–Crippen MR) is 70.9 cm³/mol. The number of nitrogens with zero attached hydrogens (tertiary/aromatic N) is 3. The largest absolute Gasteiger partial charge is 0.480 e. The van der Waals surface area contributed by atoms with Gasteiger partial charge in [-0.2, -0.15) is 5.10 Å². The summed E-state index contributed by atoms with van der Waals surface area (Å²) in [4.78, 5) is 22.9. The lowest BCUT2D eigenvalue weighted by atomic mass is 10.3. The zero-order valence-electron chi connectivity index (χ0n) is 10.8. The van der Waals surface area contributed by atoms with Crippen LogP contribution in [0.5, 0.6) is 0 Å². The predicted octanol–water partition coefficient (Wildman–Crippen LogP) is 0.945. The number of rotatable bonds is 7. The van der Waals surface area contributed by atoms with Gasteiger partial charge in [0.1, 0.15) is 0 Å². The first-order valence-corrected chi connectivity index (χ1v) is 6.52. The van der Waals surface area contributed by atoms with Crippen LogP contribution in [0.15, 0.2) is 4.47 Å². The molecule has 0 atom stereocenters. The summed E-state index contributed by atoms with van der Waals surface area (Å²) >= 11 is 3.40. The van der Waals surface area contributed by atoms with Crippen LogP contribution in [0.3, 0.4) is 0 Å². The van der Waals surface area contributed by atoms with E-state index in [0.29, 0.717) is 6.54 Å². The molecule has 0 aliphatic rings. The van der Waals surface area contributed by atoms with Crippen LogP contribution in [-0.4, -0.2) is 49.9 Å². The van der Waals surface area contributed by atoms with E-state index in [1.807, 2.05) is 13.8 Å². The minimum Gasteiger partial charge on any atom is -0.480 e. The zero-order valence-corrected chi connectivity index (χ0v) is 12.3. The lowest BCUT2D eigenvalue weighted by Crippen LogP contribution is -2.34. The third kappa shape index (κ3) is 4.32. The van der Waals surface area contributed by atoms with Crippen LogP contribution in [0.1, 0.15) is 18.3 Å². The lowest BCUT2D eigenvalue weighted by molar-refractivity contribution is -0.142. The summed E-state index contributed by atoms with van der Waals surface area (Å²) < 4.78 is 2.52. The van der Waals surface area contributed by atoms with Crippen molar-refractivity contribution in [3.63, 3.8) is 0 Å². The number of aliphatic carboxylic acids is 2. The first-order chi connectivity index (χ1) is 8.85. The van der Waals surface area contributed by atoms with Crippen LogP contribution in [0.25, 0.3) is 0 Å². The molecule has 0 amide bonds. The highest BCUT2D eigenvalue weighted by molar-refractivity contribution is 9.10. The number of carboxylic acid groups (broad SMARTS) is 2. The summed E-state index contributed by atoms with van der Waals surface area (Å²) in [5, 5.41) is 21.9. The zero-order chi connectivity index (χ0) is 14.6. The highest BCUT2D eigenvalue weighted by Gasteiger charge is 2.19. The fourth-order valence-corrected chi connectivity index (χ4v) is 2.19. The molecule has 1 heterocycles. The second-order valence-corrected chi connectivity index (χ2v) is 4.89. The van der Waals surface area contributed by atoms with E-state index in [4.69, 9.17) is 10.2 Å². The quantitative estimate of drug-likeness (QED) is 0.771. The maximum Gasteiger partial charge on any atom is 0.317 e. The summed E-state index contributed by atoms with van der Waals surface area (Å²) in [6.45, 7) is 3.95. The third-order valence-electron chi connectivity index (χ3n) is 2.54. The van der Waals surface area contributed by atoms with Crippen molar-refractivity contribution in [3.05, 3.63) is 15.9 Å². The molecule has 0 saturated carbocycles. The molecule has 19 heavy (non-hydrogen) atoms. The number of halogens is 1. The molecule has 1 aromatic rings. The van der Waals surface area contributed by atoms with E-state index in [0.717, 1.165) is 15.9 Å². The van der Waals surface area contributed by atoms with E-state index in [9.17, 15) is 9.59 Å². The molecule has 0 fully saturated rings. The van der Waals surface area contributed by atoms with Crippen LogP contribution in [-0.2, 0) is 22.7 Å². The Labute approximate surface area is 118 Å². The fourth-order valence-electron chi connectivity index (χ4n) is 1.78. The maximum atomic E-state index is 10.8. The third-order valence-corrected chi connectivity index (χ3v) is 3.58. The second-order valence-electron chi connectivity index (χ2n) is 4.09. The number of hydrogen-bond donors (Lipinski definition) is 2. The average molecular weight is 334 g/mol. The topological polar surface area (TPSA) is 95.7 Å². The smallest absolute Gasteiger partial charge is 0.317 e. The van der Waals surface area contributed by atoms with Crippen LogP contribution < -0.4 is 0 Å². The van der Waals surface area contributed by atoms with Gasteiger partial charge in [0.05, 0.1) is 29.0 Å². The maximum absolute atomic E-state index is 10.8. The Morgan fingerprint density at radius 2 is 1.84 bits per heavy atom. The Bertz CT molecular complexity index is 471. The number of carboxylic acids is 2. The average Bonchev–Trinajstić information content (AvgIpc) is 2.55. The standard InChI is InChI=1S/C11H16BrN3O4/c1-3-15-8(11(12)7(2)13-15)4-14(5-9(16)17)6-10(18)19/h3-6H2,1-2H3,(H,16,17)(H,18,19). The van der Waals surface area contributed by atoms with Gasteiger partial charge in [0, 0.05) is 13.1 Å². The van der Waals surface area contributed by atoms with Crippen LogP contribution in [0.4, 0.5) is 0 Å². The summed E-state index contributed by atoms with van der Waals surface area (Å²) in [6.07, 6.45) is 0. The number of hydrogen-bond acceptors (Lipinski definition) is 4. The Morgan fingerprint density at radius 3 is 2.26 bits per heavy atom. The first kappa shape index (κ1) is 15.6. The van der Waals surface area contributed by atoms with Crippen molar-refractivity contribution < 1.29 is 19.8 Å². The number of carbonyl (C=O) groups is 2. The molecule has 0 aliphatic carbocycles. The highest BCUT2D eigenvalue weighted by atomic mass is 79.9. The van der Waals surface area contributed by atoms with Crippen LogP contribution in [0, 0.1) is 6.92 Å². The van der Waals surface area contributed by atoms with E-state index in [-0.39, 0.29) is 19.6 Å². The Kier molecular flexibility index (Phi) is 5.49. The molecule has 0 unspecified atom stereocenters. The van der Waals surface area contributed by atoms with Crippen molar-refractivity contribution in [1.82, 2.24) is 14.7 Å². The molecule has 1 aromatic heterocycles. The minimum atomic E-state index is -1.06. The monoisotopic (exact) mass is 333 g/mol. The van der Waals surface area contributed by atoms with Gasteiger partial charge in [-0.25, -0.2) is 0 Å². The van der Waals surface area contributed by atoms with E-state index in [2.05, 4.69) is 21.0 Å². The SMILES string of the molecule is CCn1nc(C)c(Br)c1CN(CC(=O)O)CC(=O)O. The fraction of sp³-hybridized carbons (Fsp3) is 0.545. The van der Waals surface area contributed by atoms with Crippen molar-refractivity contribution in [2.24, 2.45) is 0 Å². The molecule has 2 N–H and O–H groups in total. The van der Waals surface area contributed by atoms with Gasteiger partial charge in [-0.05, 0) is 29.8 Å². The summed E-state index contributed by atoms with van der Waals surface area (Å²) in [7, 11) is 0. The van der Waals surface area contributed by atoms with E-state index < -0.39 is 11.9 Å². The minimum absolute atomic E-state index is 0.216. The molecule has 106 valence electrons. The van der Waals surface area contributed by atoms with Crippen molar-refractivity contribution >= 4 is 27.9 Å². The van der Waals surface area contributed by atoms with Crippen molar-refractivity contribution in [2.75, 3.05) is 13.1 Å². The van der Waals surface area contributed by atoms with Gasteiger partial charge in [-0.1, -0.05) is 0 Å². The van der Waals surface area contributed by atoms with Gasteiger partial charge in [0.15, 0.2) is 0 Å². The molecule has 7 nitrogen and oxygen atoms in total. The van der Waals surface area contributed by atoms with Gasteiger partial charge in [0.2, 0.25) is 0 Å². The molecule has 0 aromatic carbocycles. The summed E-state index contributed by atoms with van der Waals surface area (Å²) in [6, 6.07) is 0. The van der Waals surface area contributed by atoms with Gasteiger partial charge >= 0.3 is 11.9 Å². The molecule has 0 aliphatic heterocycles. The summed E-state index contributed by atoms with van der Waals surface area (Å²) in [5.41, 5.74) is 1.57. The van der Waals surface area contributed by atoms with Gasteiger partial charge in [-0.3, -0.25) is 19.2 Å². The van der Waals surface area contributed by atoms with Gasteiger partial charge in [0.25, 0.3) is 0 Å². The Hall–Kier alpha value is -1.41. The molecule has 0 radical (unpaired) electrons. The normalized spacial score (nSPS) is 10.9. The van der Waals surface area contributed by atoms with Gasteiger partial charge < -0.3 is 10.2 Å². The second kappa shape index (κ2) is 6.67. The van der Waals surface area contributed by atoms with Gasteiger partial charge in [-0.15, -0.1) is 0 Å². The molecule has 0 saturated heterocycles. The Balaban J connectivity index is 2.94. The molecular weight excluding hydrogens is 318 g/mol. The van der Waals surface area contributed by atoms with Crippen molar-refractivity contribution in [2.45, 2.75) is 26.9 Å². The lowest BCUT2D eigenvalue weighted by Gasteiger charge is -2.18. The van der Waals surface area contributed by atoms with E-state index >= 15 is 0 Å². The molecule has 0 bridgehead atoms. The van der Waals surface area contributed by atoms with Crippen LogP contribution in [0.2, 0.25) is 0 Å². The first-order valence-electron chi connectivity index (χ1n) is 5.72. The number of aryl methyl sites for hydroxylation is 2. The summed E-state index contributed by atoms with van der Waals surface area (Å²) in [5.74, 6) is -2.12. The van der Waals surface area contributed by atoms with E-state index in [1.165, 1.54) is 4.90 Å². The molecule has 1 rings (SSSR count). The Morgan fingerprint density at radius 1 is 1.32 bits per heavy atom. The molecule has 8 heteroatoms.